The van der Waals surface area contributed by atoms with Crippen LogP contribution in [0.4, 0.5) is 13.2 Å². The topological polar surface area (TPSA) is 148 Å². The monoisotopic (exact) mass is 643 g/mol. The number of amides is 2. The maximum Gasteiger partial charge on any atom is 0.490 e. The van der Waals surface area contributed by atoms with E-state index in [4.69, 9.17) is 20.4 Å². The molecule has 0 aliphatic carbocycles. The number of carbonyl (C=O) groups is 4. The van der Waals surface area contributed by atoms with E-state index in [2.05, 4.69) is 10.6 Å². The SMILES string of the molecule is CC(C)C[C@H](NC(=O)[C@@H](N)CCc1ccccc1)C(=O)N[C@@H](Cc1ccccc1)C(=O)OCc1ccccc1.O=C(O)C(F)(F)F. The van der Waals surface area contributed by atoms with Crippen LogP contribution in [0.3, 0.4) is 0 Å². The van der Waals surface area contributed by atoms with E-state index in [1.807, 2.05) is 105 Å². The number of nitrogens with two attached hydrogens (primary N) is 1. The zero-order valence-corrected chi connectivity index (χ0v) is 25.7. The van der Waals surface area contributed by atoms with Crippen LogP contribution in [0.15, 0.2) is 91.0 Å². The molecule has 0 aliphatic rings. The predicted octanol–water partition coefficient (Wildman–Crippen LogP) is 4.58. The molecule has 0 spiro atoms. The number of aliphatic carboxylic acids is 1. The van der Waals surface area contributed by atoms with Crippen molar-refractivity contribution in [1.29, 1.82) is 0 Å². The minimum Gasteiger partial charge on any atom is -0.475 e. The lowest BCUT2D eigenvalue weighted by molar-refractivity contribution is -0.192. The van der Waals surface area contributed by atoms with Crippen molar-refractivity contribution in [2.45, 2.75) is 70.4 Å². The van der Waals surface area contributed by atoms with Crippen LogP contribution in [0.2, 0.25) is 0 Å². The van der Waals surface area contributed by atoms with Gasteiger partial charge >= 0.3 is 18.1 Å². The van der Waals surface area contributed by atoms with Gasteiger partial charge < -0.3 is 26.2 Å². The molecule has 2 amide bonds. The Bertz CT molecular complexity index is 1370. The van der Waals surface area contributed by atoms with Crippen LogP contribution in [-0.4, -0.2) is 53.2 Å². The van der Waals surface area contributed by atoms with Gasteiger partial charge in [-0.2, -0.15) is 13.2 Å². The molecule has 0 unspecified atom stereocenters. The number of rotatable bonds is 14. The van der Waals surface area contributed by atoms with Crippen LogP contribution in [-0.2, 0) is 43.4 Å². The van der Waals surface area contributed by atoms with E-state index in [0.717, 1.165) is 16.7 Å². The number of aryl methyl sites for hydroxylation is 1. The summed E-state index contributed by atoms with van der Waals surface area (Å²) in [4.78, 5) is 48.3. The Hall–Kier alpha value is -4.71. The van der Waals surface area contributed by atoms with E-state index in [1.54, 1.807) is 0 Å². The van der Waals surface area contributed by atoms with Crippen molar-refractivity contribution < 1.29 is 42.2 Å². The summed E-state index contributed by atoms with van der Waals surface area (Å²) in [7, 11) is 0. The summed E-state index contributed by atoms with van der Waals surface area (Å²) in [6, 6.07) is 26.1. The maximum atomic E-state index is 13.4. The molecule has 0 saturated carbocycles. The number of halogens is 3. The third-order valence-electron chi connectivity index (χ3n) is 6.61. The molecule has 0 saturated heterocycles. The van der Waals surface area contributed by atoms with Gasteiger partial charge in [0.05, 0.1) is 6.04 Å². The molecule has 5 N–H and O–H groups in total. The maximum absolute atomic E-state index is 13.4. The average Bonchev–Trinajstić information content (AvgIpc) is 3.02. The van der Waals surface area contributed by atoms with Gasteiger partial charge in [-0.1, -0.05) is 105 Å². The van der Waals surface area contributed by atoms with Crippen molar-refractivity contribution >= 4 is 23.8 Å². The predicted molar refractivity (Wildman–Crippen MR) is 166 cm³/mol. The lowest BCUT2D eigenvalue weighted by Crippen LogP contribution is -2.55. The van der Waals surface area contributed by atoms with E-state index < -0.39 is 48.1 Å². The molecule has 12 heteroatoms. The highest BCUT2D eigenvalue weighted by Gasteiger charge is 2.38. The Morgan fingerprint density at radius 1 is 0.761 bits per heavy atom. The molecular formula is C34H40F3N3O6. The van der Waals surface area contributed by atoms with Crippen molar-refractivity contribution in [3.8, 4) is 0 Å². The van der Waals surface area contributed by atoms with Crippen molar-refractivity contribution in [3.05, 3.63) is 108 Å². The summed E-state index contributed by atoms with van der Waals surface area (Å²) in [6.45, 7) is 4.04. The Labute approximate surface area is 266 Å². The van der Waals surface area contributed by atoms with Crippen molar-refractivity contribution in [2.24, 2.45) is 11.7 Å². The van der Waals surface area contributed by atoms with Gasteiger partial charge in [0.1, 0.15) is 18.7 Å². The first-order valence-electron chi connectivity index (χ1n) is 14.7. The zero-order valence-electron chi connectivity index (χ0n) is 25.7. The van der Waals surface area contributed by atoms with Gasteiger partial charge in [-0.3, -0.25) is 9.59 Å². The van der Waals surface area contributed by atoms with Crippen LogP contribution >= 0.6 is 0 Å². The highest BCUT2D eigenvalue weighted by molar-refractivity contribution is 5.92. The summed E-state index contributed by atoms with van der Waals surface area (Å²) in [6.07, 6.45) is -3.31. The largest absolute Gasteiger partial charge is 0.490 e. The smallest absolute Gasteiger partial charge is 0.475 e. The van der Waals surface area contributed by atoms with Crippen LogP contribution in [0.25, 0.3) is 0 Å². The number of carboxylic acid groups (broad SMARTS) is 1. The first kappa shape index (κ1) is 37.5. The standard InChI is InChI=1S/C32H39N3O4.C2HF3O2/c1-23(2)20-28(34-30(36)27(33)19-18-24-12-6-3-7-13-24)31(37)35-29(21-25-14-8-4-9-15-25)32(38)39-22-26-16-10-5-11-17-26;3-2(4,5)1(6)7/h3-17,23,27-29H,18-22,33H2,1-2H3,(H,34,36)(H,35,37);(H,6,7)/t27-,28-,29-;/m0./s1. The number of carbonyl (C=O) groups excluding carboxylic acids is 3. The fraction of sp³-hybridized carbons (Fsp3) is 0.353. The van der Waals surface area contributed by atoms with E-state index >= 15 is 0 Å². The average molecular weight is 644 g/mol. The Kier molecular flexibility index (Phi) is 15.4. The third-order valence-corrected chi connectivity index (χ3v) is 6.61. The minimum absolute atomic E-state index is 0.100. The fourth-order valence-corrected chi connectivity index (χ4v) is 4.22. The molecule has 3 atom stereocenters. The molecule has 9 nitrogen and oxygen atoms in total. The van der Waals surface area contributed by atoms with E-state index in [0.29, 0.717) is 19.3 Å². The van der Waals surface area contributed by atoms with Gasteiger partial charge in [0.25, 0.3) is 0 Å². The van der Waals surface area contributed by atoms with Gasteiger partial charge in [-0.05, 0) is 41.9 Å². The van der Waals surface area contributed by atoms with Crippen LogP contribution in [0, 0.1) is 5.92 Å². The second-order valence-electron chi connectivity index (χ2n) is 11.0. The number of ether oxygens (including phenoxy) is 1. The molecule has 0 radical (unpaired) electrons. The number of alkyl halides is 3. The van der Waals surface area contributed by atoms with E-state index in [-0.39, 0.29) is 18.9 Å². The van der Waals surface area contributed by atoms with Gasteiger partial charge in [-0.15, -0.1) is 0 Å². The van der Waals surface area contributed by atoms with Gasteiger partial charge in [0.2, 0.25) is 11.8 Å². The molecule has 0 aliphatic heterocycles. The zero-order chi connectivity index (χ0) is 34.1. The third kappa shape index (κ3) is 14.4. The molecule has 248 valence electrons. The van der Waals surface area contributed by atoms with Gasteiger partial charge in [-0.25, -0.2) is 9.59 Å². The Morgan fingerprint density at radius 2 is 1.22 bits per heavy atom. The summed E-state index contributed by atoms with van der Waals surface area (Å²) in [5.41, 5.74) is 9.00. The highest BCUT2D eigenvalue weighted by Crippen LogP contribution is 2.13. The second kappa shape index (κ2) is 18.9. The number of esters is 1. The second-order valence-corrected chi connectivity index (χ2v) is 11.0. The quantitative estimate of drug-likeness (QED) is 0.188. The van der Waals surface area contributed by atoms with E-state index in [1.165, 1.54) is 0 Å². The number of carboxylic acids is 1. The molecular weight excluding hydrogens is 603 g/mol. The number of nitrogens with one attached hydrogen (secondary N) is 2. The summed E-state index contributed by atoms with van der Waals surface area (Å²) in [5.74, 6) is -4.00. The fourth-order valence-electron chi connectivity index (χ4n) is 4.22. The highest BCUT2D eigenvalue weighted by atomic mass is 19.4. The summed E-state index contributed by atoms with van der Waals surface area (Å²) in [5, 5.41) is 12.8. The molecule has 0 bridgehead atoms. The molecule has 46 heavy (non-hydrogen) atoms. The normalized spacial score (nSPS) is 12.9. The molecule has 0 heterocycles. The van der Waals surface area contributed by atoms with Crippen LogP contribution in [0.5, 0.6) is 0 Å². The van der Waals surface area contributed by atoms with Crippen molar-refractivity contribution in [1.82, 2.24) is 10.6 Å². The first-order chi connectivity index (χ1) is 21.8. The number of benzene rings is 3. The minimum atomic E-state index is -5.08. The molecule has 3 aromatic carbocycles. The van der Waals surface area contributed by atoms with Crippen LogP contribution in [0.1, 0.15) is 43.4 Å². The lowest BCUT2D eigenvalue weighted by atomic mass is 10.00. The van der Waals surface area contributed by atoms with Crippen LogP contribution < -0.4 is 16.4 Å². The number of hydrogen-bond donors (Lipinski definition) is 4. The van der Waals surface area contributed by atoms with Crippen molar-refractivity contribution in [3.63, 3.8) is 0 Å². The molecule has 0 aromatic heterocycles. The first-order valence-corrected chi connectivity index (χ1v) is 14.7. The molecule has 0 fully saturated rings. The van der Waals surface area contributed by atoms with Gasteiger partial charge in [0, 0.05) is 6.42 Å². The molecule has 3 rings (SSSR count). The summed E-state index contributed by atoms with van der Waals surface area (Å²) >= 11 is 0. The van der Waals surface area contributed by atoms with Crippen molar-refractivity contribution in [2.75, 3.05) is 0 Å². The molecule has 3 aromatic rings. The number of hydrogen-bond acceptors (Lipinski definition) is 6. The lowest BCUT2D eigenvalue weighted by Gasteiger charge is -2.25. The van der Waals surface area contributed by atoms with E-state index in [9.17, 15) is 27.6 Å². The Balaban J connectivity index is 0.000000942. The Morgan fingerprint density at radius 3 is 1.70 bits per heavy atom. The van der Waals surface area contributed by atoms with Gasteiger partial charge in [0.15, 0.2) is 0 Å². The summed E-state index contributed by atoms with van der Waals surface area (Å²) < 4.78 is 37.3.